The van der Waals surface area contributed by atoms with E-state index >= 15 is 0 Å². The minimum absolute atomic E-state index is 0.157. The topological polar surface area (TPSA) is 137 Å². The first-order valence-electron chi connectivity index (χ1n) is 8.14. The van der Waals surface area contributed by atoms with Crippen LogP contribution in [0.3, 0.4) is 0 Å². The summed E-state index contributed by atoms with van der Waals surface area (Å²) < 4.78 is 13.8. The first kappa shape index (κ1) is 22.6. The van der Waals surface area contributed by atoms with Crippen molar-refractivity contribution in [2.24, 2.45) is 5.92 Å². The average molecular weight is 394 g/mol. The van der Waals surface area contributed by atoms with Crippen LogP contribution in [0.25, 0.3) is 0 Å². The van der Waals surface area contributed by atoms with Crippen molar-refractivity contribution in [2.45, 2.75) is 19.4 Å². The lowest BCUT2D eigenvalue weighted by Gasteiger charge is -2.23. The molecule has 1 aromatic carbocycles. The van der Waals surface area contributed by atoms with E-state index in [0.29, 0.717) is 5.69 Å². The third kappa shape index (κ3) is 6.38. The number of benzene rings is 1. The monoisotopic (exact) mass is 394 g/mol. The molecule has 0 aliphatic heterocycles. The number of ether oxygens (including phenoxy) is 3. The van der Waals surface area contributed by atoms with Crippen molar-refractivity contribution in [2.75, 3.05) is 26.6 Å². The predicted molar refractivity (Wildman–Crippen MR) is 96.2 cm³/mol. The maximum atomic E-state index is 12.5. The van der Waals surface area contributed by atoms with Gasteiger partial charge in [0.2, 0.25) is 5.91 Å². The van der Waals surface area contributed by atoms with Crippen LogP contribution < -0.4 is 10.6 Å². The molecule has 0 spiro atoms. The smallest absolute Gasteiger partial charge is 0.329 e. The fourth-order valence-electron chi connectivity index (χ4n) is 2.34. The molecule has 10 heteroatoms. The van der Waals surface area contributed by atoms with Gasteiger partial charge >= 0.3 is 17.9 Å². The standard InChI is InChI=1S/C18H22N2O8/c1-10(21)19-12-7-5-11(6-8-12)16(23)20-15(18(25)28-4)13(17(24)27-3)9-14(22)26-2/h5-8,13,15H,9H2,1-4H3,(H,19,21)(H,20,23)/t13-,15+/m0/s1. The quantitative estimate of drug-likeness (QED) is 0.473. The van der Waals surface area contributed by atoms with E-state index in [2.05, 4.69) is 24.8 Å². The second-order valence-electron chi connectivity index (χ2n) is 5.64. The van der Waals surface area contributed by atoms with Gasteiger partial charge in [-0.25, -0.2) is 4.79 Å². The van der Waals surface area contributed by atoms with Gasteiger partial charge in [0.1, 0.15) is 6.04 Å². The molecule has 0 aromatic heterocycles. The Labute approximate surface area is 161 Å². The largest absolute Gasteiger partial charge is 0.469 e. The Morgan fingerprint density at radius 3 is 1.93 bits per heavy atom. The van der Waals surface area contributed by atoms with Crippen LogP contribution in [-0.4, -0.2) is 57.1 Å². The molecule has 1 aromatic rings. The number of methoxy groups -OCH3 is 3. The molecule has 1 rings (SSSR count). The SMILES string of the molecule is COC(=O)C[C@H](C(=O)OC)[C@@H](NC(=O)c1ccc(NC(C)=O)cc1)C(=O)OC. The zero-order chi connectivity index (χ0) is 21.3. The summed E-state index contributed by atoms with van der Waals surface area (Å²) in [5.41, 5.74) is 0.636. The van der Waals surface area contributed by atoms with Crippen LogP contribution in [0.4, 0.5) is 5.69 Å². The molecular weight excluding hydrogens is 372 g/mol. The summed E-state index contributed by atoms with van der Waals surface area (Å²) in [5, 5.41) is 4.93. The van der Waals surface area contributed by atoms with Crippen LogP contribution in [0.1, 0.15) is 23.7 Å². The van der Waals surface area contributed by atoms with Gasteiger partial charge in [-0.3, -0.25) is 19.2 Å². The molecule has 2 N–H and O–H groups in total. The lowest BCUT2D eigenvalue weighted by atomic mass is 9.95. The van der Waals surface area contributed by atoms with Crippen molar-refractivity contribution in [3.8, 4) is 0 Å². The fourth-order valence-corrected chi connectivity index (χ4v) is 2.34. The Morgan fingerprint density at radius 1 is 0.893 bits per heavy atom. The summed E-state index contributed by atoms with van der Waals surface area (Å²) in [7, 11) is 3.29. The van der Waals surface area contributed by atoms with Crippen molar-refractivity contribution in [1.29, 1.82) is 0 Å². The van der Waals surface area contributed by atoms with E-state index < -0.39 is 42.2 Å². The molecule has 0 unspecified atom stereocenters. The number of nitrogens with one attached hydrogen (secondary N) is 2. The van der Waals surface area contributed by atoms with Gasteiger partial charge in [0.15, 0.2) is 0 Å². The summed E-state index contributed by atoms with van der Waals surface area (Å²) in [6.07, 6.45) is -0.495. The Morgan fingerprint density at radius 2 is 1.46 bits per heavy atom. The second kappa shape index (κ2) is 10.7. The summed E-state index contributed by atoms with van der Waals surface area (Å²) in [5.74, 6) is -4.88. The normalized spacial score (nSPS) is 12.1. The molecule has 10 nitrogen and oxygen atoms in total. The lowest BCUT2D eigenvalue weighted by molar-refractivity contribution is -0.158. The number of esters is 3. The molecule has 0 aliphatic carbocycles. The van der Waals surface area contributed by atoms with Gasteiger partial charge in [-0.1, -0.05) is 0 Å². The number of carbonyl (C=O) groups excluding carboxylic acids is 5. The van der Waals surface area contributed by atoms with Crippen LogP contribution in [0, 0.1) is 5.92 Å². The maximum absolute atomic E-state index is 12.5. The third-order valence-electron chi connectivity index (χ3n) is 3.73. The molecule has 0 aliphatic rings. The average Bonchev–Trinajstić information content (AvgIpc) is 2.68. The van der Waals surface area contributed by atoms with Crippen molar-refractivity contribution in [3.05, 3.63) is 29.8 Å². The Hall–Kier alpha value is -3.43. The first-order chi connectivity index (χ1) is 13.2. The number of rotatable bonds is 8. The highest BCUT2D eigenvalue weighted by Gasteiger charge is 2.38. The van der Waals surface area contributed by atoms with E-state index in [4.69, 9.17) is 0 Å². The minimum atomic E-state index is -1.47. The van der Waals surface area contributed by atoms with Crippen LogP contribution >= 0.6 is 0 Å². The molecule has 0 saturated carbocycles. The van der Waals surface area contributed by atoms with Gasteiger partial charge < -0.3 is 24.8 Å². The Kier molecular flexibility index (Phi) is 8.60. The highest BCUT2D eigenvalue weighted by molar-refractivity contribution is 5.99. The van der Waals surface area contributed by atoms with Crippen molar-refractivity contribution in [3.63, 3.8) is 0 Å². The molecule has 0 saturated heterocycles. The number of hydrogen-bond acceptors (Lipinski definition) is 8. The van der Waals surface area contributed by atoms with Gasteiger partial charge in [0.25, 0.3) is 5.91 Å². The molecule has 0 fully saturated rings. The number of amides is 2. The zero-order valence-electron chi connectivity index (χ0n) is 15.9. The molecule has 152 valence electrons. The van der Waals surface area contributed by atoms with E-state index in [1.54, 1.807) is 0 Å². The second-order valence-corrected chi connectivity index (χ2v) is 5.64. The summed E-state index contributed by atoms with van der Waals surface area (Å²) in [6, 6.07) is 4.36. The van der Waals surface area contributed by atoms with Crippen molar-refractivity contribution < 1.29 is 38.2 Å². The van der Waals surface area contributed by atoms with Crippen LogP contribution in [0.5, 0.6) is 0 Å². The maximum Gasteiger partial charge on any atom is 0.329 e. The van der Waals surface area contributed by atoms with Gasteiger partial charge in [-0.2, -0.15) is 0 Å². The van der Waals surface area contributed by atoms with Crippen LogP contribution in [-0.2, 0) is 33.4 Å². The molecule has 2 atom stereocenters. The van der Waals surface area contributed by atoms with Gasteiger partial charge in [-0.15, -0.1) is 0 Å². The number of hydrogen-bond donors (Lipinski definition) is 2. The summed E-state index contributed by atoms with van der Waals surface area (Å²) in [6.45, 7) is 1.34. The van der Waals surface area contributed by atoms with Gasteiger partial charge in [-0.05, 0) is 24.3 Å². The highest BCUT2D eigenvalue weighted by Crippen LogP contribution is 2.16. The van der Waals surface area contributed by atoms with Gasteiger partial charge in [0, 0.05) is 18.2 Å². The van der Waals surface area contributed by atoms with Gasteiger partial charge in [0.05, 0.1) is 33.7 Å². The van der Waals surface area contributed by atoms with E-state index in [9.17, 15) is 24.0 Å². The van der Waals surface area contributed by atoms with Crippen molar-refractivity contribution >= 4 is 35.4 Å². The van der Waals surface area contributed by atoms with E-state index in [1.165, 1.54) is 31.2 Å². The van der Waals surface area contributed by atoms with Crippen LogP contribution in [0.2, 0.25) is 0 Å². The Balaban J connectivity index is 3.07. The molecule has 28 heavy (non-hydrogen) atoms. The number of anilines is 1. The zero-order valence-corrected chi connectivity index (χ0v) is 15.9. The molecule has 0 bridgehead atoms. The van der Waals surface area contributed by atoms with E-state index in [-0.39, 0.29) is 11.5 Å². The minimum Gasteiger partial charge on any atom is -0.469 e. The summed E-state index contributed by atoms with van der Waals surface area (Å²) >= 11 is 0. The van der Waals surface area contributed by atoms with E-state index in [1.807, 2.05) is 0 Å². The lowest BCUT2D eigenvalue weighted by Crippen LogP contribution is -2.50. The summed E-state index contributed by atoms with van der Waals surface area (Å²) in [4.78, 5) is 59.4. The van der Waals surface area contributed by atoms with Crippen LogP contribution in [0.15, 0.2) is 24.3 Å². The fraction of sp³-hybridized carbons (Fsp3) is 0.389. The first-order valence-corrected chi connectivity index (χ1v) is 8.14. The predicted octanol–water partition coefficient (Wildman–Crippen LogP) is 0.269. The molecule has 2 amide bonds. The van der Waals surface area contributed by atoms with E-state index in [0.717, 1.165) is 21.3 Å². The van der Waals surface area contributed by atoms with Crippen molar-refractivity contribution in [1.82, 2.24) is 5.32 Å². The Bertz CT molecular complexity index is 744. The third-order valence-corrected chi connectivity index (χ3v) is 3.73. The number of carbonyl (C=O) groups is 5. The highest BCUT2D eigenvalue weighted by atomic mass is 16.5. The molecular formula is C18H22N2O8. The molecule has 0 heterocycles. The molecule has 0 radical (unpaired) electrons.